The van der Waals surface area contributed by atoms with Crippen LogP contribution in [-0.2, 0) is 9.59 Å². The molecule has 0 radical (unpaired) electrons. The molecule has 5 aliphatic rings. The smallest absolute Gasteiger partial charge is 0.233 e. The normalized spacial score (nSPS) is 32.2. The van der Waals surface area contributed by atoms with E-state index in [2.05, 4.69) is 34.1 Å². The highest BCUT2D eigenvalue weighted by Crippen LogP contribution is 2.58. The molecule has 2 aliphatic heterocycles. The van der Waals surface area contributed by atoms with Crippen LogP contribution in [0, 0.1) is 35.5 Å². The third kappa shape index (κ3) is 4.70. The van der Waals surface area contributed by atoms with Gasteiger partial charge in [0.1, 0.15) is 5.82 Å². The van der Waals surface area contributed by atoms with Gasteiger partial charge in [-0.15, -0.1) is 0 Å². The minimum absolute atomic E-state index is 0.00823. The van der Waals surface area contributed by atoms with Gasteiger partial charge >= 0.3 is 0 Å². The molecule has 5 atom stereocenters. The first-order chi connectivity index (χ1) is 18.0. The minimum Gasteiger partial charge on any atom is -0.396 e. The second-order valence-electron chi connectivity index (χ2n) is 11.9. The predicted molar refractivity (Wildman–Crippen MR) is 146 cm³/mol. The number of hydrogen-bond acceptors (Lipinski definition) is 7. The average Bonchev–Trinajstić information content (AvgIpc) is 3.70. The summed E-state index contributed by atoms with van der Waals surface area (Å²) in [5.41, 5.74) is 0. The molecule has 7 nitrogen and oxygen atoms in total. The lowest BCUT2D eigenvalue weighted by Gasteiger charge is -2.37. The maximum absolute atomic E-state index is 11.9. The van der Waals surface area contributed by atoms with E-state index >= 15 is 0 Å². The molecule has 3 aliphatic carbocycles. The van der Waals surface area contributed by atoms with Gasteiger partial charge in [0.05, 0.1) is 16.5 Å². The molecule has 2 saturated heterocycles. The summed E-state index contributed by atoms with van der Waals surface area (Å²) >= 11 is 1.63. The topological polar surface area (TPSA) is 77.0 Å². The number of imide groups is 1. The number of nitrogens with zero attached hydrogens (tertiary/aromatic N) is 4. The molecule has 8 heteroatoms. The van der Waals surface area contributed by atoms with E-state index in [0.29, 0.717) is 5.92 Å². The maximum atomic E-state index is 11.9. The molecule has 2 amide bonds. The summed E-state index contributed by atoms with van der Waals surface area (Å²) in [5.74, 6) is 2.83. The number of benzene rings is 1. The van der Waals surface area contributed by atoms with E-state index in [1.54, 1.807) is 18.6 Å². The van der Waals surface area contributed by atoms with Crippen LogP contribution in [0.2, 0.25) is 0 Å². The first kappa shape index (κ1) is 25.3. The summed E-state index contributed by atoms with van der Waals surface area (Å²) in [7, 11) is 1.58. The van der Waals surface area contributed by atoms with Crippen molar-refractivity contribution in [1.29, 1.82) is 0 Å². The van der Waals surface area contributed by atoms with Gasteiger partial charge in [-0.1, -0.05) is 31.4 Å². The third-order valence-corrected chi connectivity index (χ3v) is 10.7. The van der Waals surface area contributed by atoms with Crippen molar-refractivity contribution in [2.75, 3.05) is 51.3 Å². The van der Waals surface area contributed by atoms with Gasteiger partial charge in [0, 0.05) is 51.8 Å². The Bertz CT molecular complexity index is 1120. The zero-order chi connectivity index (χ0) is 25.5. The summed E-state index contributed by atoms with van der Waals surface area (Å²) in [6.45, 7) is 6.13. The number of aliphatic hydroxyl groups excluding tert-OH is 1. The van der Waals surface area contributed by atoms with E-state index in [1.807, 2.05) is 0 Å². The maximum Gasteiger partial charge on any atom is 0.233 e. The molecular weight excluding hydrogens is 484 g/mol. The quantitative estimate of drug-likeness (QED) is 0.612. The zero-order valence-electron chi connectivity index (χ0n) is 21.9. The molecule has 1 aromatic heterocycles. The molecule has 5 unspecified atom stereocenters. The Hall–Kier alpha value is -2.03. The highest BCUT2D eigenvalue weighted by atomic mass is 32.1. The lowest BCUT2D eigenvalue weighted by Crippen LogP contribution is -2.48. The summed E-state index contributed by atoms with van der Waals surface area (Å²) in [4.78, 5) is 30.1. The van der Waals surface area contributed by atoms with Crippen LogP contribution in [0.15, 0.2) is 24.3 Å². The molecule has 37 heavy (non-hydrogen) atoms. The minimum atomic E-state index is -0.113. The number of hydrogen-bond donors (Lipinski definition) is 1. The van der Waals surface area contributed by atoms with E-state index < -0.39 is 0 Å². The molecule has 2 bridgehead atoms. The Labute approximate surface area is 224 Å². The fourth-order valence-electron chi connectivity index (χ4n) is 7.93. The Balaban J connectivity index is 0.000000146. The fraction of sp³-hybridized carbons (Fsp3) is 0.690. The van der Waals surface area contributed by atoms with Gasteiger partial charge in [0.2, 0.25) is 11.8 Å². The third-order valence-electron chi connectivity index (χ3n) is 9.88. The van der Waals surface area contributed by atoms with Crippen molar-refractivity contribution in [3.8, 4) is 0 Å². The molecular formula is C29H40N4O3S. The van der Waals surface area contributed by atoms with Crippen LogP contribution < -0.4 is 4.90 Å². The van der Waals surface area contributed by atoms with Crippen LogP contribution in [-0.4, -0.2) is 77.5 Å². The SMILES string of the molecule is CN1C(=O)C2C3CC(CO)C(C3)C2C1=O.c1ccc2c(N3CCN(CC4CCCCC4)CC3)nsc2c1. The molecule has 0 spiro atoms. The van der Waals surface area contributed by atoms with Crippen molar-refractivity contribution in [2.24, 2.45) is 35.5 Å². The first-order valence-electron chi connectivity index (χ1n) is 14.3. The van der Waals surface area contributed by atoms with Gasteiger partial charge in [0.25, 0.3) is 0 Å². The van der Waals surface area contributed by atoms with E-state index in [9.17, 15) is 14.7 Å². The summed E-state index contributed by atoms with van der Waals surface area (Å²) in [5, 5.41) is 10.5. The lowest BCUT2D eigenvalue weighted by atomic mass is 9.75. The summed E-state index contributed by atoms with van der Waals surface area (Å²) < 4.78 is 6.02. The Morgan fingerprint density at radius 3 is 2.46 bits per heavy atom. The van der Waals surface area contributed by atoms with Crippen LogP contribution in [0.4, 0.5) is 5.82 Å². The van der Waals surface area contributed by atoms with Gasteiger partial charge in [-0.3, -0.25) is 19.4 Å². The van der Waals surface area contributed by atoms with Crippen LogP contribution in [0.3, 0.4) is 0 Å². The molecule has 1 aromatic carbocycles. The standard InChI is InChI=1S/C18H25N3S.C11H15NO3/c1-2-6-15(7-3-1)14-20-10-12-21(13-11-20)18-16-8-4-5-9-17(16)22-19-18;1-12-10(14)8-5-2-6(4-13)7(3-5)9(8)11(12)15/h4-5,8-9,15H,1-3,6-7,10-14H2;5-9,13H,2-4H2,1H3. The van der Waals surface area contributed by atoms with E-state index in [1.165, 1.54) is 72.5 Å². The van der Waals surface area contributed by atoms with Crippen molar-refractivity contribution in [3.05, 3.63) is 24.3 Å². The summed E-state index contributed by atoms with van der Waals surface area (Å²) in [6, 6.07) is 8.62. The van der Waals surface area contributed by atoms with Crippen LogP contribution >= 0.6 is 11.5 Å². The molecule has 3 saturated carbocycles. The number of aliphatic hydroxyl groups is 1. The number of likely N-dealkylation sites (tertiary alicyclic amines) is 1. The number of aromatic nitrogens is 1. The molecule has 200 valence electrons. The number of fused-ring (bicyclic) bond motifs is 6. The van der Waals surface area contributed by atoms with E-state index in [0.717, 1.165) is 31.8 Å². The molecule has 3 heterocycles. The van der Waals surface area contributed by atoms with Crippen LogP contribution in [0.25, 0.3) is 10.1 Å². The number of rotatable bonds is 4. The van der Waals surface area contributed by atoms with Crippen molar-refractivity contribution >= 4 is 39.3 Å². The van der Waals surface area contributed by atoms with Gasteiger partial charge in [-0.25, -0.2) is 0 Å². The monoisotopic (exact) mass is 524 g/mol. The highest BCUT2D eigenvalue weighted by Gasteiger charge is 2.62. The molecule has 5 fully saturated rings. The number of carbonyl (C=O) groups is 2. The second kappa shape index (κ2) is 10.6. The molecule has 1 N–H and O–H groups in total. The highest BCUT2D eigenvalue weighted by molar-refractivity contribution is 7.13. The van der Waals surface area contributed by atoms with Crippen LogP contribution in [0.5, 0.6) is 0 Å². The van der Waals surface area contributed by atoms with E-state index in [-0.39, 0.29) is 42.1 Å². The van der Waals surface area contributed by atoms with Crippen molar-refractivity contribution in [3.63, 3.8) is 0 Å². The van der Waals surface area contributed by atoms with E-state index in [4.69, 9.17) is 4.37 Å². The largest absolute Gasteiger partial charge is 0.396 e. The van der Waals surface area contributed by atoms with Crippen molar-refractivity contribution < 1.29 is 14.7 Å². The van der Waals surface area contributed by atoms with Gasteiger partial charge in [-0.05, 0) is 73.0 Å². The fourth-order valence-corrected chi connectivity index (χ4v) is 8.73. The number of amides is 2. The van der Waals surface area contributed by atoms with Crippen molar-refractivity contribution in [2.45, 2.75) is 44.9 Å². The lowest BCUT2D eigenvalue weighted by molar-refractivity contribution is -0.139. The predicted octanol–water partition coefficient (Wildman–Crippen LogP) is 3.86. The zero-order valence-corrected chi connectivity index (χ0v) is 22.7. The average molecular weight is 525 g/mol. The Morgan fingerprint density at radius 1 is 0.973 bits per heavy atom. The molecule has 2 aromatic rings. The first-order valence-corrected chi connectivity index (χ1v) is 15.1. The Morgan fingerprint density at radius 2 is 1.70 bits per heavy atom. The number of anilines is 1. The Kier molecular flexibility index (Phi) is 7.25. The van der Waals surface area contributed by atoms with Crippen LogP contribution in [0.1, 0.15) is 44.9 Å². The molecule has 7 rings (SSSR count). The van der Waals surface area contributed by atoms with Gasteiger partial charge in [0.15, 0.2) is 0 Å². The van der Waals surface area contributed by atoms with Gasteiger partial charge in [-0.2, -0.15) is 4.37 Å². The number of piperazine rings is 1. The summed E-state index contributed by atoms with van der Waals surface area (Å²) in [6.07, 6.45) is 9.17. The number of carbonyl (C=O) groups excluding carboxylic acids is 2. The second-order valence-corrected chi connectivity index (χ2v) is 12.7. The van der Waals surface area contributed by atoms with Crippen molar-refractivity contribution in [1.82, 2.24) is 14.2 Å². The van der Waals surface area contributed by atoms with Gasteiger partial charge < -0.3 is 10.0 Å².